The fraction of sp³-hybridized carbons (Fsp3) is 0.0417. The zero-order valence-corrected chi connectivity index (χ0v) is 18.2. The maximum Gasteiger partial charge on any atom is 0.573 e. The molecule has 0 spiro atoms. The van der Waals surface area contributed by atoms with E-state index in [0.29, 0.717) is 22.1 Å². The van der Waals surface area contributed by atoms with Crippen molar-refractivity contribution in [1.29, 1.82) is 0 Å². The van der Waals surface area contributed by atoms with Gasteiger partial charge in [-0.1, -0.05) is 41.9 Å². The molecule has 1 aromatic heterocycles. The summed E-state index contributed by atoms with van der Waals surface area (Å²) in [5, 5.41) is 7.93. The zero-order chi connectivity index (χ0) is 24.0. The van der Waals surface area contributed by atoms with Gasteiger partial charge in [0.2, 0.25) is 5.95 Å². The molecular weight excluding hydrogens is 467 g/mol. The lowest BCUT2D eigenvalue weighted by Gasteiger charge is -2.10. The number of anilines is 3. The largest absolute Gasteiger partial charge is 0.573 e. The normalized spacial score (nSPS) is 11.4. The van der Waals surface area contributed by atoms with Crippen molar-refractivity contribution in [3.63, 3.8) is 0 Å². The Bertz CT molecular complexity index is 1260. The lowest BCUT2D eigenvalue weighted by atomic mass is 10.1. The van der Waals surface area contributed by atoms with E-state index in [0.717, 1.165) is 11.3 Å². The molecule has 4 aromatic rings. The van der Waals surface area contributed by atoms with Crippen molar-refractivity contribution in [1.82, 2.24) is 9.97 Å². The molecular formula is C24H17ClF3N5O. The van der Waals surface area contributed by atoms with E-state index in [1.807, 2.05) is 42.5 Å². The molecule has 0 atom stereocenters. The van der Waals surface area contributed by atoms with Gasteiger partial charge >= 0.3 is 6.36 Å². The number of hydrogen-bond donors (Lipinski definition) is 2. The van der Waals surface area contributed by atoms with E-state index >= 15 is 0 Å². The second-order valence-electron chi connectivity index (χ2n) is 6.95. The first-order chi connectivity index (χ1) is 16.3. The number of alkyl halides is 3. The second kappa shape index (κ2) is 10.2. The molecule has 6 nitrogen and oxygen atoms in total. The number of nitrogens with one attached hydrogen (secondary N) is 2. The number of halogens is 4. The Morgan fingerprint density at radius 2 is 1.59 bits per heavy atom. The van der Waals surface area contributed by atoms with Crippen LogP contribution in [0.25, 0.3) is 11.3 Å². The fourth-order valence-electron chi connectivity index (χ4n) is 2.92. The van der Waals surface area contributed by atoms with Crippen LogP contribution in [0.3, 0.4) is 0 Å². The summed E-state index contributed by atoms with van der Waals surface area (Å²) in [5.74, 6) is 0.447. The molecule has 0 aliphatic heterocycles. The van der Waals surface area contributed by atoms with Gasteiger partial charge in [0.25, 0.3) is 0 Å². The molecule has 34 heavy (non-hydrogen) atoms. The Kier molecular flexibility index (Phi) is 6.93. The minimum atomic E-state index is -4.74. The van der Waals surface area contributed by atoms with E-state index < -0.39 is 6.36 Å². The Morgan fingerprint density at radius 3 is 2.26 bits per heavy atom. The number of rotatable bonds is 7. The molecule has 0 aliphatic carbocycles. The number of benzene rings is 3. The van der Waals surface area contributed by atoms with E-state index in [4.69, 9.17) is 11.6 Å². The molecule has 0 amide bonds. The minimum Gasteiger partial charge on any atom is -0.406 e. The first-order valence-electron chi connectivity index (χ1n) is 9.96. The van der Waals surface area contributed by atoms with Crippen molar-refractivity contribution < 1.29 is 17.9 Å². The highest BCUT2D eigenvalue weighted by Crippen LogP contribution is 2.25. The first-order valence-corrected chi connectivity index (χ1v) is 10.3. The van der Waals surface area contributed by atoms with Crippen LogP contribution in [-0.4, -0.2) is 22.5 Å². The SMILES string of the molecule is FC(F)(F)Oc1ccc(/C=N\Nc2nc(Nc3ccc(Cl)cc3)cc(-c3ccccc3)n2)cc1. The maximum absolute atomic E-state index is 12.3. The van der Waals surface area contributed by atoms with Crippen LogP contribution in [-0.2, 0) is 0 Å². The zero-order valence-electron chi connectivity index (χ0n) is 17.4. The molecule has 0 saturated carbocycles. The Hall–Kier alpha value is -4.11. The van der Waals surface area contributed by atoms with Crippen LogP contribution in [0.5, 0.6) is 5.75 Å². The average Bonchev–Trinajstić information content (AvgIpc) is 2.81. The molecule has 0 aliphatic rings. The summed E-state index contributed by atoms with van der Waals surface area (Å²) in [4.78, 5) is 8.94. The van der Waals surface area contributed by atoms with E-state index in [1.54, 1.807) is 18.2 Å². The van der Waals surface area contributed by atoms with Crippen LogP contribution in [0.15, 0.2) is 90.0 Å². The molecule has 1 heterocycles. The average molecular weight is 484 g/mol. The number of nitrogens with zero attached hydrogens (tertiary/aromatic N) is 3. The van der Waals surface area contributed by atoms with E-state index in [9.17, 15) is 13.2 Å². The third-order valence-electron chi connectivity index (χ3n) is 4.40. The smallest absolute Gasteiger partial charge is 0.406 e. The number of ether oxygens (including phenoxy) is 1. The summed E-state index contributed by atoms with van der Waals surface area (Å²) in [6.07, 6.45) is -3.31. The van der Waals surface area contributed by atoms with Gasteiger partial charge in [-0.25, -0.2) is 10.4 Å². The quantitative estimate of drug-likeness (QED) is 0.221. The summed E-state index contributed by atoms with van der Waals surface area (Å²) < 4.78 is 40.7. The van der Waals surface area contributed by atoms with Gasteiger partial charge in [0, 0.05) is 22.3 Å². The molecule has 0 fully saturated rings. The van der Waals surface area contributed by atoms with Crippen LogP contribution in [0.1, 0.15) is 5.56 Å². The van der Waals surface area contributed by atoms with E-state index in [2.05, 4.69) is 30.5 Å². The second-order valence-corrected chi connectivity index (χ2v) is 7.38. The molecule has 0 bridgehead atoms. The third-order valence-corrected chi connectivity index (χ3v) is 4.66. The molecule has 0 radical (unpaired) electrons. The molecule has 2 N–H and O–H groups in total. The lowest BCUT2D eigenvalue weighted by molar-refractivity contribution is -0.274. The fourth-order valence-corrected chi connectivity index (χ4v) is 3.05. The molecule has 3 aromatic carbocycles. The number of aromatic nitrogens is 2. The van der Waals surface area contributed by atoms with Crippen LogP contribution in [0.4, 0.5) is 30.6 Å². The predicted octanol–water partition coefficient (Wildman–Crippen LogP) is 6.89. The van der Waals surface area contributed by atoms with Crippen LogP contribution in [0.2, 0.25) is 5.02 Å². The monoisotopic (exact) mass is 483 g/mol. The predicted molar refractivity (Wildman–Crippen MR) is 127 cm³/mol. The molecule has 172 valence electrons. The van der Waals surface area contributed by atoms with Gasteiger partial charge in [-0.15, -0.1) is 13.2 Å². The summed E-state index contributed by atoms with van der Waals surface area (Å²) in [7, 11) is 0. The van der Waals surface area contributed by atoms with Crippen molar-refractivity contribution in [2.75, 3.05) is 10.7 Å². The van der Waals surface area contributed by atoms with Gasteiger partial charge < -0.3 is 10.1 Å². The van der Waals surface area contributed by atoms with Gasteiger partial charge in [-0.3, -0.25) is 0 Å². The van der Waals surface area contributed by atoms with Crippen molar-refractivity contribution in [2.24, 2.45) is 5.10 Å². The van der Waals surface area contributed by atoms with E-state index in [1.165, 1.54) is 30.5 Å². The van der Waals surface area contributed by atoms with Gasteiger partial charge in [0.1, 0.15) is 11.6 Å². The van der Waals surface area contributed by atoms with Crippen molar-refractivity contribution in [3.05, 3.63) is 95.5 Å². The topological polar surface area (TPSA) is 71.4 Å². The first kappa shape index (κ1) is 23.1. The summed E-state index contributed by atoms with van der Waals surface area (Å²) in [6.45, 7) is 0. The number of hydrogen-bond acceptors (Lipinski definition) is 6. The summed E-state index contributed by atoms with van der Waals surface area (Å²) >= 11 is 5.95. The van der Waals surface area contributed by atoms with Crippen molar-refractivity contribution in [2.45, 2.75) is 6.36 Å². The molecule has 0 unspecified atom stereocenters. The van der Waals surface area contributed by atoms with Crippen LogP contribution in [0, 0.1) is 0 Å². The number of hydrazone groups is 1. The van der Waals surface area contributed by atoms with Gasteiger partial charge in [-0.2, -0.15) is 10.1 Å². The molecule has 0 saturated heterocycles. The third kappa shape index (κ3) is 6.69. The standard InChI is InChI=1S/C24H17ClF3N5O/c25-18-8-10-19(11-9-18)30-22-14-21(17-4-2-1-3-5-17)31-23(32-22)33-29-15-16-6-12-20(13-7-16)34-24(26,27)28/h1-15H,(H2,30,31,32,33)/b29-15-. The lowest BCUT2D eigenvalue weighted by Crippen LogP contribution is -2.17. The minimum absolute atomic E-state index is 0.228. The highest BCUT2D eigenvalue weighted by Gasteiger charge is 2.30. The van der Waals surface area contributed by atoms with Crippen molar-refractivity contribution in [3.8, 4) is 17.0 Å². The van der Waals surface area contributed by atoms with Crippen LogP contribution < -0.4 is 15.5 Å². The maximum atomic E-state index is 12.3. The van der Waals surface area contributed by atoms with Crippen LogP contribution >= 0.6 is 11.6 Å². The molecule has 4 rings (SSSR count). The Labute approximate surface area is 198 Å². The Balaban J connectivity index is 1.53. The van der Waals surface area contributed by atoms with E-state index in [-0.39, 0.29) is 11.7 Å². The van der Waals surface area contributed by atoms with Gasteiger partial charge in [0.15, 0.2) is 0 Å². The summed E-state index contributed by atoms with van der Waals surface area (Å²) in [5.41, 5.74) is 5.66. The summed E-state index contributed by atoms with van der Waals surface area (Å²) in [6, 6.07) is 23.8. The Morgan fingerprint density at radius 1 is 0.882 bits per heavy atom. The molecule has 10 heteroatoms. The van der Waals surface area contributed by atoms with Gasteiger partial charge in [0.05, 0.1) is 11.9 Å². The highest BCUT2D eigenvalue weighted by molar-refractivity contribution is 6.30. The highest BCUT2D eigenvalue weighted by atomic mass is 35.5. The van der Waals surface area contributed by atoms with Crippen molar-refractivity contribution >= 4 is 35.3 Å². The van der Waals surface area contributed by atoms with Gasteiger partial charge in [-0.05, 0) is 54.1 Å².